The van der Waals surface area contributed by atoms with Crippen LogP contribution in [0.1, 0.15) is 26.2 Å². The third-order valence-corrected chi connectivity index (χ3v) is 8.31. The van der Waals surface area contributed by atoms with Gasteiger partial charge in [0.1, 0.15) is 6.04 Å². The topological polar surface area (TPSA) is 147 Å². The summed E-state index contributed by atoms with van der Waals surface area (Å²) in [7, 11) is -5.87. The van der Waals surface area contributed by atoms with E-state index >= 15 is 0 Å². The van der Waals surface area contributed by atoms with Crippen molar-refractivity contribution in [1.82, 2.24) is 13.9 Å². The molecule has 13 heteroatoms. The number of amides is 1. The average molecular weight is 449 g/mol. The number of rotatable bonds is 8. The summed E-state index contributed by atoms with van der Waals surface area (Å²) < 4.78 is 52.6. The average Bonchev–Trinajstić information content (AvgIpc) is 3.16. The van der Waals surface area contributed by atoms with Crippen LogP contribution in [0.15, 0.2) is 28.0 Å². The fraction of sp³-hybridized carbons (Fsp3) is 0.562. The molecular formula is C16H24N4O7S2. The minimum absolute atomic E-state index is 0.0431. The smallest absolute Gasteiger partial charge is 0.290 e. The number of nitrogens with one attached hydrogen (secondary N) is 1. The Labute approximate surface area is 169 Å². The van der Waals surface area contributed by atoms with Crippen LogP contribution in [0.2, 0.25) is 0 Å². The molecule has 0 saturated carbocycles. The number of hydrogen-bond donors (Lipinski definition) is 1. The van der Waals surface area contributed by atoms with Crippen LogP contribution in [0.5, 0.6) is 0 Å². The molecule has 0 bridgehead atoms. The zero-order valence-electron chi connectivity index (χ0n) is 16.4. The van der Waals surface area contributed by atoms with Crippen molar-refractivity contribution in [1.29, 1.82) is 0 Å². The van der Waals surface area contributed by atoms with Crippen LogP contribution in [-0.4, -0.2) is 69.5 Å². The van der Waals surface area contributed by atoms with Gasteiger partial charge < -0.3 is 5.32 Å². The third kappa shape index (κ3) is 4.57. The van der Waals surface area contributed by atoms with Gasteiger partial charge in [-0.3, -0.25) is 14.9 Å². The first-order chi connectivity index (χ1) is 13.4. The van der Waals surface area contributed by atoms with Crippen molar-refractivity contribution in [2.45, 2.75) is 42.0 Å². The summed E-state index contributed by atoms with van der Waals surface area (Å²) in [5.74, 6) is -0.456. The number of nitrogens with zero attached hydrogens (tertiary/aromatic N) is 3. The van der Waals surface area contributed by atoms with Crippen molar-refractivity contribution in [3.05, 3.63) is 28.3 Å². The highest BCUT2D eigenvalue weighted by Gasteiger charge is 2.42. The number of benzene rings is 1. The molecular weight excluding hydrogens is 424 g/mol. The second kappa shape index (κ2) is 8.73. The number of nitro groups is 1. The van der Waals surface area contributed by atoms with Gasteiger partial charge >= 0.3 is 0 Å². The summed E-state index contributed by atoms with van der Waals surface area (Å²) >= 11 is 0. The molecule has 1 aromatic carbocycles. The van der Waals surface area contributed by atoms with Gasteiger partial charge in [0.15, 0.2) is 4.90 Å². The van der Waals surface area contributed by atoms with Crippen LogP contribution in [0, 0.1) is 10.1 Å². The van der Waals surface area contributed by atoms with Gasteiger partial charge in [0.05, 0.1) is 9.82 Å². The Kier molecular flexibility index (Phi) is 6.98. The van der Waals surface area contributed by atoms with E-state index in [4.69, 9.17) is 0 Å². The van der Waals surface area contributed by atoms with Gasteiger partial charge in [0.25, 0.3) is 15.7 Å². The summed E-state index contributed by atoms with van der Waals surface area (Å²) in [6.45, 7) is 2.29. The van der Waals surface area contributed by atoms with Crippen molar-refractivity contribution < 1.29 is 26.6 Å². The van der Waals surface area contributed by atoms with Gasteiger partial charge in [-0.15, -0.1) is 0 Å². The Hall–Kier alpha value is -2.09. The van der Waals surface area contributed by atoms with Crippen molar-refractivity contribution in [3.63, 3.8) is 0 Å². The summed E-state index contributed by atoms with van der Waals surface area (Å²) in [6.07, 6.45) is 1.42. The molecule has 2 rings (SSSR count). The van der Waals surface area contributed by atoms with E-state index < -0.39 is 52.4 Å². The van der Waals surface area contributed by atoms with E-state index in [9.17, 15) is 31.7 Å². The molecule has 162 valence electrons. The Balaban J connectivity index is 2.52. The maximum atomic E-state index is 13.1. The van der Waals surface area contributed by atoms with Crippen LogP contribution in [-0.2, 0) is 24.8 Å². The summed E-state index contributed by atoms with van der Waals surface area (Å²) in [5, 5.41) is 14.2. The zero-order chi connectivity index (χ0) is 22.0. The molecule has 11 nitrogen and oxygen atoms in total. The first-order valence-electron chi connectivity index (χ1n) is 8.95. The van der Waals surface area contributed by atoms with E-state index in [0.717, 1.165) is 26.8 Å². The predicted molar refractivity (Wildman–Crippen MR) is 104 cm³/mol. The Morgan fingerprint density at radius 1 is 1.31 bits per heavy atom. The molecule has 1 atom stereocenters. The van der Waals surface area contributed by atoms with Crippen molar-refractivity contribution in [2.75, 3.05) is 27.2 Å². The molecule has 1 aromatic rings. The van der Waals surface area contributed by atoms with Crippen LogP contribution >= 0.6 is 0 Å². The van der Waals surface area contributed by atoms with Gasteiger partial charge in [0, 0.05) is 33.3 Å². The summed E-state index contributed by atoms with van der Waals surface area (Å²) in [6, 6.07) is 1.68. The molecule has 1 unspecified atom stereocenters. The Morgan fingerprint density at radius 3 is 2.52 bits per heavy atom. The standard InChI is InChI=1S/C16H24N4O7S2/c1-4-9-17-16(21)13-6-5-10-19(13)29(26,27)15-8-7-12(11-14(15)20(22)23)28(24,25)18(2)3/h7-8,11,13H,4-6,9-10H2,1-3H3,(H,17,21). The van der Waals surface area contributed by atoms with Crippen LogP contribution in [0.25, 0.3) is 0 Å². The first kappa shape index (κ1) is 23.2. The molecule has 1 aliphatic heterocycles. The fourth-order valence-electron chi connectivity index (χ4n) is 3.01. The second-order valence-electron chi connectivity index (χ2n) is 6.74. The zero-order valence-corrected chi connectivity index (χ0v) is 18.0. The maximum Gasteiger partial charge on any atom is 0.290 e. The fourth-order valence-corrected chi connectivity index (χ4v) is 5.73. The van der Waals surface area contributed by atoms with Gasteiger partial charge in [-0.25, -0.2) is 21.1 Å². The van der Waals surface area contributed by atoms with E-state index in [1.165, 1.54) is 14.1 Å². The number of carbonyl (C=O) groups excluding carboxylic acids is 1. The van der Waals surface area contributed by atoms with Crippen molar-refractivity contribution >= 4 is 31.6 Å². The Bertz CT molecular complexity index is 1010. The highest BCUT2D eigenvalue weighted by Crippen LogP contribution is 2.33. The summed E-state index contributed by atoms with van der Waals surface area (Å²) in [4.78, 5) is 21.9. The molecule has 1 fully saturated rings. The van der Waals surface area contributed by atoms with E-state index in [-0.39, 0.29) is 6.54 Å². The lowest BCUT2D eigenvalue weighted by atomic mass is 10.2. The molecule has 0 radical (unpaired) electrons. The number of hydrogen-bond acceptors (Lipinski definition) is 7. The van der Waals surface area contributed by atoms with Gasteiger partial charge in [0.2, 0.25) is 15.9 Å². The normalized spacial score (nSPS) is 18.1. The minimum Gasteiger partial charge on any atom is -0.355 e. The molecule has 0 aromatic heterocycles. The quantitative estimate of drug-likeness (QED) is 0.450. The van der Waals surface area contributed by atoms with Crippen LogP contribution < -0.4 is 5.32 Å². The predicted octanol–water partition coefficient (Wildman–Crippen LogP) is 0.524. The maximum absolute atomic E-state index is 13.1. The number of sulfonamides is 2. The SMILES string of the molecule is CCCNC(=O)C1CCCN1S(=O)(=O)c1ccc(S(=O)(=O)N(C)C)cc1[N+](=O)[O-]. The Morgan fingerprint density at radius 2 is 1.97 bits per heavy atom. The van der Waals surface area contributed by atoms with E-state index in [1.807, 2.05) is 6.92 Å². The van der Waals surface area contributed by atoms with E-state index in [1.54, 1.807) is 0 Å². The lowest BCUT2D eigenvalue weighted by molar-refractivity contribution is -0.388. The third-order valence-electron chi connectivity index (χ3n) is 4.55. The molecule has 1 saturated heterocycles. The van der Waals surface area contributed by atoms with E-state index in [2.05, 4.69) is 5.32 Å². The molecule has 0 spiro atoms. The second-order valence-corrected chi connectivity index (χ2v) is 10.7. The molecule has 1 amide bonds. The summed E-state index contributed by atoms with van der Waals surface area (Å²) in [5.41, 5.74) is -0.854. The number of nitro benzene ring substituents is 1. The first-order valence-corrected chi connectivity index (χ1v) is 11.8. The largest absolute Gasteiger partial charge is 0.355 e. The number of carbonyl (C=O) groups is 1. The minimum atomic E-state index is -4.39. The molecule has 1 N–H and O–H groups in total. The van der Waals surface area contributed by atoms with Crippen molar-refractivity contribution in [2.24, 2.45) is 0 Å². The molecule has 1 heterocycles. The van der Waals surface area contributed by atoms with E-state index in [0.29, 0.717) is 25.8 Å². The highest BCUT2D eigenvalue weighted by atomic mass is 32.2. The molecule has 29 heavy (non-hydrogen) atoms. The van der Waals surface area contributed by atoms with Crippen LogP contribution in [0.3, 0.4) is 0 Å². The lowest BCUT2D eigenvalue weighted by Gasteiger charge is -2.23. The van der Waals surface area contributed by atoms with Gasteiger partial charge in [-0.2, -0.15) is 4.31 Å². The monoisotopic (exact) mass is 448 g/mol. The molecule has 1 aliphatic rings. The van der Waals surface area contributed by atoms with Gasteiger partial charge in [-0.05, 0) is 31.4 Å². The van der Waals surface area contributed by atoms with Crippen LogP contribution in [0.4, 0.5) is 5.69 Å². The molecule has 0 aliphatic carbocycles. The highest BCUT2D eigenvalue weighted by molar-refractivity contribution is 7.89. The van der Waals surface area contributed by atoms with Gasteiger partial charge in [-0.1, -0.05) is 6.92 Å². The lowest BCUT2D eigenvalue weighted by Crippen LogP contribution is -2.46. The van der Waals surface area contributed by atoms with Crippen molar-refractivity contribution in [3.8, 4) is 0 Å².